The minimum Gasteiger partial charge on any atom is -0.408 e. The molecule has 0 saturated carbocycles. The topological polar surface area (TPSA) is 97.8 Å². The predicted molar refractivity (Wildman–Crippen MR) is 75.0 cm³/mol. The molecule has 3 aromatic heterocycles. The molecule has 0 aliphatic carbocycles. The Balaban J connectivity index is 1.63. The van der Waals surface area contributed by atoms with Crippen LogP contribution in [-0.2, 0) is 6.42 Å². The third-order valence-electron chi connectivity index (χ3n) is 2.97. The molecule has 0 unspecified atom stereocenters. The fourth-order valence-electron chi connectivity index (χ4n) is 2.04. The van der Waals surface area contributed by atoms with Crippen LogP contribution in [0.15, 0.2) is 42.8 Å². The second kappa shape index (κ2) is 4.67. The summed E-state index contributed by atoms with van der Waals surface area (Å²) in [5, 5.41) is 5.76. The maximum Gasteiger partial charge on any atom is 0.417 e. The van der Waals surface area contributed by atoms with Crippen LogP contribution in [-0.4, -0.2) is 20.1 Å². The molecule has 0 bridgehead atoms. The molecular formula is C13H8N4O3S. The average Bonchev–Trinajstić information content (AvgIpc) is 3.16. The van der Waals surface area contributed by atoms with E-state index in [2.05, 4.69) is 20.1 Å². The number of hydrogen-bond donors (Lipinski definition) is 1. The van der Waals surface area contributed by atoms with Gasteiger partial charge >= 0.3 is 5.76 Å². The molecule has 0 spiro atoms. The number of thiazole rings is 1. The minimum atomic E-state index is -0.467. The van der Waals surface area contributed by atoms with Crippen molar-refractivity contribution in [2.24, 2.45) is 0 Å². The normalized spacial score (nSPS) is 11.2. The number of H-pyrrole nitrogens is 1. The van der Waals surface area contributed by atoms with Crippen LogP contribution in [0, 0.1) is 0 Å². The molecule has 21 heavy (non-hydrogen) atoms. The standard InChI is InChI=1S/C13H8N4O3S/c18-13-15-8-3-7(1-2-10(8)19-13)4-11-16-12(17-20-11)9-5-21-6-14-9/h1-3,5-6H,4H2,(H,15,18). The molecule has 1 N–H and O–H groups in total. The van der Waals surface area contributed by atoms with Gasteiger partial charge in [-0.1, -0.05) is 11.2 Å². The summed E-state index contributed by atoms with van der Waals surface area (Å²) in [4.78, 5) is 22.2. The Labute approximate surface area is 121 Å². The van der Waals surface area contributed by atoms with Gasteiger partial charge in [0.15, 0.2) is 5.58 Å². The van der Waals surface area contributed by atoms with E-state index in [-0.39, 0.29) is 0 Å². The maximum atomic E-state index is 11.1. The zero-order valence-electron chi connectivity index (χ0n) is 10.6. The lowest BCUT2D eigenvalue weighted by atomic mass is 10.1. The van der Waals surface area contributed by atoms with Crippen LogP contribution in [0.1, 0.15) is 11.5 Å². The van der Waals surface area contributed by atoms with Gasteiger partial charge in [-0.25, -0.2) is 9.78 Å². The van der Waals surface area contributed by atoms with Gasteiger partial charge in [0.05, 0.1) is 17.4 Å². The predicted octanol–water partition coefficient (Wildman–Crippen LogP) is 2.22. The van der Waals surface area contributed by atoms with E-state index < -0.39 is 5.76 Å². The van der Waals surface area contributed by atoms with E-state index in [1.807, 2.05) is 17.5 Å². The highest BCUT2D eigenvalue weighted by Gasteiger charge is 2.11. The van der Waals surface area contributed by atoms with Crippen molar-refractivity contribution in [3.63, 3.8) is 0 Å². The molecule has 0 aliphatic heterocycles. The van der Waals surface area contributed by atoms with Gasteiger partial charge in [0.2, 0.25) is 11.7 Å². The van der Waals surface area contributed by atoms with Gasteiger partial charge in [0.25, 0.3) is 0 Å². The van der Waals surface area contributed by atoms with Gasteiger partial charge in [-0.15, -0.1) is 11.3 Å². The quantitative estimate of drug-likeness (QED) is 0.623. The Morgan fingerprint density at radius 3 is 3.14 bits per heavy atom. The van der Waals surface area contributed by atoms with Gasteiger partial charge in [-0.2, -0.15) is 4.98 Å². The maximum absolute atomic E-state index is 11.1. The van der Waals surface area contributed by atoms with Gasteiger partial charge in [0.1, 0.15) is 5.69 Å². The smallest absolute Gasteiger partial charge is 0.408 e. The first-order valence-electron chi connectivity index (χ1n) is 6.11. The second-order valence-electron chi connectivity index (χ2n) is 4.41. The molecule has 4 rings (SSSR count). The summed E-state index contributed by atoms with van der Waals surface area (Å²) in [6.07, 6.45) is 0.473. The van der Waals surface area contributed by atoms with Gasteiger partial charge in [0, 0.05) is 5.38 Å². The Bertz CT molecular complexity index is 951. The van der Waals surface area contributed by atoms with Gasteiger partial charge < -0.3 is 8.94 Å². The number of nitrogens with zero attached hydrogens (tertiary/aromatic N) is 3. The Morgan fingerprint density at radius 1 is 1.33 bits per heavy atom. The van der Waals surface area contributed by atoms with Gasteiger partial charge in [-0.05, 0) is 17.7 Å². The Kier molecular flexibility index (Phi) is 2.68. The molecule has 0 saturated heterocycles. The highest BCUT2D eigenvalue weighted by molar-refractivity contribution is 7.07. The molecule has 8 heteroatoms. The number of aromatic nitrogens is 4. The fraction of sp³-hybridized carbons (Fsp3) is 0.0769. The van der Waals surface area contributed by atoms with Crippen LogP contribution in [0.2, 0.25) is 0 Å². The number of benzene rings is 1. The molecule has 104 valence electrons. The van der Waals surface area contributed by atoms with Gasteiger partial charge in [-0.3, -0.25) is 4.98 Å². The van der Waals surface area contributed by atoms with Crippen LogP contribution in [0.3, 0.4) is 0 Å². The fourth-order valence-corrected chi connectivity index (χ4v) is 2.57. The number of aromatic amines is 1. The number of oxazole rings is 1. The van der Waals surface area contributed by atoms with E-state index in [9.17, 15) is 4.79 Å². The van der Waals surface area contributed by atoms with E-state index in [1.54, 1.807) is 11.6 Å². The monoisotopic (exact) mass is 300 g/mol. The van der Waals surface area contributed by atoms with E-state index in [4.69, 9.17) is 8.94 Å². The summed E-state index contributed by atoms with van der Waals surface area (Å²) in [7, 11) is 0. The highest BCUT2D eigenvalue weighted by atomic mass is 32.1. The van der Waals surface area contributed by atoms with E-state index in [1.165, 1.54) is 11.3 Å². The lowest BCUT2D eigenvalue weighted by Gasteiger charge is -1.95. The Hall–Kier alpha value is -2.74. The molecular weight excluding hydrogens is 292 g/mol. The van der Waals surface area contributed by atoms with E-state index in [0.717, 1.165) is 5.56 Å². The van der Waals surface area contributed by atoms with Crippen molar-refractivity contribution >= 4 is 22.4 Å². The number of hydrogen-bond acceptors (Lipinski definition) is 7. The molecule has 7 nitrogen and oxygen atoms in total. The summed E-state index contributed by atoms with van der Waals surface area (Å²) in [6, 6.07) is 5.42. The minimum absolute atomic E-state index is 0.467. The summed E-state index contributed by atoms with van der Waals surface area (Å²) < 4.78 is 10.2. The largest absolute Gasteiger partial charge is 0.417 e. The average molecular weight is 300 g/mol. The van der Waals surface area contributed by atoms with Crippen molar-refractivity contribution in [1.82, 2.24) is 20.1 Å². The van der Waals surface area contributed by atoms with Crippen LogP contribution in [0.5, 0.6) is 0 Å². The lowest BCUT2D eigenvalue weighted by Crippen LogP contribution is -1.93. The molecule has 3 heterocycles. The van der Waals surface area contributed by atoms with Crippen molar-refractivity contribution in [3.05, 3.63) is 51.1 Å². The number of rotatable bonds is 3. The van der Waals surface area contributed by atoms with E-state index in [0.29, 0.717) is 34.9 Å². The van der Waals surface area contributed by atoms with Crippen molar-refractivity contribution in [1.29, 1.82) is 0 Å². The summed E-state index contributed by atoms with van der Waals surface area (Å²) in [6.45, 7) is 0. The molecule has 0 amide bonds. The second-order valence-corrected chi connectivity index (χ2v) is 5.13. The zero-order chi connectivity index (χ0) is 14.2. The molecule has 1 aromatic carbocycles. The first-order valence-corrected chi connectivity index (χ1v) is 7.05. The molecule has 0 aliphatic rings. The molecule has 0 fully saturated rings. The third-order valence-corrected chi connectivity index (χ3v) is 3.55. The van der Waals surface area contributed by atoms with Crippen molar-refractivity contribution < 1.29 is 8.94 Å². The SMILES string of the molecule is O=c1[nH]c2cc(Cc3nc(-c4cscn4)no3)ccc2o1. The first-order chi connectivity index (χ1) is 10.3. The van der Waals surface area contributed by atoms with E-state index >= 15 is 0 Å². The first kappa shape index (κ1) is 12.0. The summed E-state index contributed by atoms with van der Waals surface area (Å²) in [5.74, 6) is 0.498. The number of fused-ring (bicyclic) bond motifs is 1. The molecule has 0 radical (unpaired) electrons. The van der Waals surface area contributed by atoms with Crippen molar-refractivity contribution in [3.8, 4) is 11.5 Å². The van der Waals surface area contributed by atoms with Crippen molar-refractivity contribution in [2.75, 3.05) is 0 Å². The lowest BCUT2D eigenvalue weighted by molar-refractivity contribution is 0.385. The van der Waals surface area contributed by atoms with Crippen LogP contribution in [0.4, 0.5) is 0 Å². The van der Waals surface area contributed by atoms with Crippen LogP contribution < -0.4 is 5.76 Å². The summed E-state index contributed by atoms with van der Waals surface area (Å²) in [5.41, 5.74) is 4.53. The van der Waals surface area contributed by atoms with Crippen molar-refractivity contribution in [2.45, 2.75) is 6.42 Å². The third kappa shape index (κ3) is 2.25. The Morgan fingerprint density at radius 2 is 2.29 bits per heavy atom. The van der Waals surface area contributed by atoms with Crippen LogP contribution >= 0.6 is 11.3 Å². The van der Waals surface area contributed by atoms with Crippen LogP contribution in [0.25, 0.3) is 22.6 Å². The highest BCUT2D eigenvalue weighted by Crippen LogP contribution is 2.18. The zero-order valence-corrected chi connectivity index (χ0v) is 11.4. The molecule has 0 atom stereocenters. The number of nitrogens with one attached hydrogen (secondary N) is 1. The summed E-state index contributed by atoms with van der Waals surface area (Å²) >= 11 is 1.47. The molecule has 4 aromatic rings.